The Kier molecular flexibility index (Phi) is 6.52. The van der Waals surface area contributed by atoms with Crippen LogP contribution in [0.15, 0.2) is 24.3 Å². The van der Waals surface area contributed by atoms with Gasteiger partial charge in [-0.25, -0.2) is 4.39 Å². The van der Waals surface area contributed by atoms with Gasteiger partial charge in [0.1, 0.15) is 49.1 Å². The van der Waals surface area contributed by atoms with Gasteiger partial charge in [0.25, 0.3) is 0 Å². The van der Waals surface area contributed by atoms with Gasteiger partial charge in [0.15, 0.2) is 17.7 Å². The molecule has 5 rings (SSSR count). The average Bonchev–Trinajstić information content (AvgIpc) is 3.34. The predicted octanol–water partition coefficient (Wildman–Crippen LogP) is 1.87. The monoisotopic (exact) mass is 476 g/mol. The van der Waals surface area contributed by atoms with E-state index in [2.05, 4.69) is 0 Å². The molecule has 1 saturated heterocycles. The zero-order valence-corrected chi connectivity index (χ0v) is 18.9. The molecule has 3 aliphatic heterocycles. The maximum Gasteiger partial charge on any atom is 0.161 e. The summed E-state index contributed by atoms with van der Waals surface area (Å²) < 4.78 is 43.3. The molecule has 3 heterocycles. The topological polar surface area (TPSA) is 107 Å². The van der Waals surface area contributed by atoms with Gasteiger partial charge in [-0.2, -0.15) is 0 Å². The molecule has 0 aliphatic carbocycles. The molecule has 184 valence electrons. The van der Waals surface area contributed by atoms with Gasteiger partial charge in [0.05, 0.1) is 19.8 Å². The molecular weight excluding hydrogens is 447 g/mol. The second kappa shape index (κ2) is 9.58. The Hall–Kier alpha value is -2.59. The Morgan fingerprint density at radius 1 is 1.03 bits per heavy atom. The lowest BCUT2D eigenvalue weighted by Crippen LogP contribution is -2.53. The number of fused-ring (bicyclic) bond motifs is 2. The van der Waals surface area contributed by atoms with Crippen LogP contribution in [-0.4, -0.2) is 72.8 Å². The first-order valence-electron chi connectivity index (χ1n) is 11.6. The predicted molar refractivity (Wildman–Crippen MR) is 119 cm³/mol. The van der Waals surface area contributed by atoms with Crippen LogP contribution < -0.4 is 18.9 Å². The molecule has 9 heteroatoms. The third-order valence-electron chi connectivity index (χ3n) is 6.47. The van der Waals surface area contributed by atoms with E-state index in [9.17, 15) is 19.7 Å². The fraction of sp³-hybridized carbons (Fsp3) is 0.520. The van der Waals surface area contributed by atoms with Crippen molar-refractivity contribution in [3.05, 3.63) is 46.5 Å². The minimum atomic E-state index is -1.90. The molecule has 0 aromatic heterocycles. The highest BCUT2D eigenvalue weighted by molar-refractivity contribution is 5.59. The fourth-order valence-corrected chi connectivity index (χ4v) is 4.86. The molecule has 0 saturated carbocycles. The van der Waals surface area contributed by atoms with Crippen molar-refractivity contribution in [3.63, 3.8) is 0 Å². The first-order valence-corrected chi connectivity index (χ1v) is 11.6. The van der Waals surface area contributed by atoms with E-state index in [1.165, 1.54) is 0 Å². The Morgan fingerprint density at radius 3 is 2.59 bits per heavy atom. The van der Waals surface area contributed by atoms with Crippen molar-refractivity contribution in [1.29, 1.82) is 0 Å². The highest BCUT2D eigenvalue weighted by Crippen LogP contribution is 2.46. The number of halogens is 1. The lowest BCUT2D eigenvalue weighted by molar-refractivity contribution is -0.214. The first kappa shape index (κ1) is 23.2. The Morgan fingerprint density at radius 2 is 1.82 bits per heavy atom. The molecule has 0 spiro atoms. The average molecular weight is 476 g/mol. The van der Waals surface area contributed by atoms with E-state index in [-0.39, 0.29) is 0 Å². The molecule has 0 unspecified atom stereocenters. The van der Waals surface area contributed by atoms with Crippen molar-refractivity contribution in [2.24, 2.45) is 0 Å². The van der Waals surface area contributed by atoms with Crippen LogP contribution in [0.1, 0.15) is 35.3 Å². The molecule has 0 amide bonds. The minimum absolute atomic E-state index is 0.427. The quantitative estimate of drug-likeness (QED) is 0.580. The highest BCUT2D eigenvalue weighted by Gasteiger charge is 2.47. The number of hydrogen-bond acceptors (Lipinski definition) is 8. The number of aliphatic hydroxyl groups is 3. The van der Waals surface area contributed by atoms with Crippen molar-refractivity contribution >= 4 is 0 Å². The summed E-state index contributed by atoms with van der Waals surface area (Å²) in [7, 11) is 0. The molecular formula is C25H29FO8. The van der Waals surface area contributed by atoms with Gasteiger partial charge in [-0.15, -0.1) is 0 Å². The lowest BCUT2D eigenvalue weighted by atomic mass is 9.88. The molecule has 34 heavy (non-hydrogen) atoms. The smallest absolute Gasteiger partial charge is 0.161 e. The van der Waals surface area contributed by atoms with Gasteiger partial charge >= 0.3 is 0 Å². The standard InChI is InChI=1S/C25H29FO8/c1-2-30-23-14(9-13-3-4-17-18(10-13)32-8-7-31-17)11-16(24-15(23)5-6-33-24)25-22(29)21(28)20(26)19(12-27)34-25/h3-4,10-11,19-22,25,27-29H,2,5-9,12H2,1H3/t19-,20-,21+,22-,25+/m1/s1. The van der Waals surface area contributed by atoms with Crippen LogP contribution in [0.3, 0.4) is 0 Å². The largest absolute Gasteiger partial charge is 0.493 e. The summed E-state index contributed by atoms with van der Waals surface area (Å²) in [6.07, 6.45) is -6.34. The maximum atomic E-state index is 14.4. The molecule has 8 nitrogen and oxygen atoms in total. The van der Waals surface area contributed by atoms with E-state index in [0.29, 0.717) is 67.8 Å². The third kappa shape index (κ3) is 4.07. The molecule has 0 radical (unpaired) electrons. The van der Waals surface area contributed by atoms with E-state index >= 15 is 0 Å². The van der Waals surface area contributed by atoms with E-state index < -0.39 is 37.2 Å². The zero-order valence-electron chi connectivity index (χ0n) is 18.9. The summed E-state index contributed by atoms with van der Waals surface area (Å²) in [5, 5.41) is 30.5. The Balaban J connectivity index is 1.56. The van der Waals surface area contributed by atoms with E-state index in [4.69, 9.17) is 23.7 Å². The summed E-state index contributed by atoms with van der Waals surface area (Å²) in [6.45, 7) is 3.17. The molecule has 1 fully saturated rings. The number of benzene rings is 2. The van der Waals surface area contributed by atoms with Crippen LogP contribution in [0.5, 0.6) is 23.0 Å². The van der Waals surface area contributed by atoms with E-state index in [0.717, 1.165) is 16.7 Å². The second-order valence-corrected chi connectivity index (χ2v) is 8.65. The van der Waals surface area contributed by atoms with Crippen molar-refractivity contribution < 1.29 is 43.4 Å². The zero-order chi connectivity index (χ0) is 23.8. The number of alkyl halides is 1. The number of hydrogen-bond donors (Lipinski definition) is 3. The van der Waals surface area contributed by atoms with Gasteiger partial charge in [-0.3, -0.25) is 0 Å². The molecule has 0 bridgehead atoms. The van der Waals surface area contributed by atoms with Gasteiger partial charge in [-0.1, -0.05) is 6.07 Å². The van der Waals surface area contributed by atoms with Crippen LogP contribution in [0.4, 0.5) is 4.39 Å². The summed E-state index contributed by atoms with van der Waals surface area (Å²) in [5.74, 6) is 2.60. The van der Waals surface area contributed by atoms with Crippen molar-refractivity contribution in [2.45, 2.75) is 50.4 Å². The number of ether oxygens (including phenoxy) is 5. The molecule has 5 atom stereocenters. The van der Waals surface area contributed by atoms with Gasteiger partial charge in [-0.05, 0) is 36.2 Å². The van der Waals surface area contributed by atoms with Crippen LogP contribution >= 0.6 is 0 Å². The summed E-state index contributed by atoms with van der Waals surface area (Å²) in [5.41, 5.74) is 3.16. The van der Waals surface area contributed by atoms with Crippen molar-refractivity contribution in [3.8, 4) is 23.0 Å². The fourth-order valence-electron chi connectivity index (χ4n) is 4.86. The van der Waals surface area contributed by atoms with Gasteiger partial charge < -0.3 is 39.0 Å². The van der Waals surface area contributed by atoms with Crippen LogP contribution in [0.25, 0.3) is 0 Å². The van der Waals surface area contributed by atoms with Crippen molar-refractivity contribution in [2.75, 3.05) is 33.0 Å². The lowest BCUT2D eigenvalue weighted by Gasteiger charge is -2.39. The first-order chi connectivity index (χ1) is 16.5. The Bertz CT molecular complexity index is 1040. The van der Waals surface area contributed by atoms with Gasteiger partial charge in [0, 0.05) is 24.0 Å². The SMILES string of the molecule is CCOc1c(Cc2ccc3c(c2)OCCO3)cc([C@@H]2O[C@H](CO)[C@@H](F)[C@H](O)[C@H]2O)c2c1CCO2. The molecule has 3 N–H and O–H groups in total. The molecule has 3 aliphatic rings. The maximum absolute atomic E-state index is 14.4. The summed E-state index contributed by atoms with van der Waals surface area (Å²) >= 11 is 0. The van der Waals surface area contributed by atoms with Crippen LogP contribution in [0.2, 0.25) is 0 Å². The van der Waals surface area contributed by atoms with Crippen molar-refractivity contribution in [1.82, 2.24) is 0 Å². The number of aliphatic hydroxyl groups excluding tert-OH is 3. The van der Waals surface area contributed by atoms with Crippen LogP contribution in [0, 0.1) is 0 Å². The molecule has 2 aromatic carbocycles. The second-order valence-electron chi connectivity index (χ2n) is 8.65. The minimum Gasteiger partial charge on any atom is -0.493 e. The third-order valence-corrected chi connectivity index (χ3v) is 6.47. The highest BCUT2D eigenvalue weighted by atomic mass is 19.1. The van der Waals surface area contributed by atoms with E-state index in [1.54, 1.807) is 0 Å². The van der Waals surface area contributed by atoms with E-state index in [1.807, 2.05) is 31.2 Å². The summed E-state index contributed by atoms with van der Waals surface area (Å²) in [6, 6.07) is 7.58. The summed E-state index contributed by atoms with van der Waals surface area (Å²) in [4.78, 5) is 0. The van der Waals surface area contributed by atoms with Gasteiger partial charge in [0.2, 0.25) is 0 Å². The molecule has 2 aromatic rings. The Labute approximate surface area is 196 Å². The van der Waals surface area contributed by atoms with Crippen LogP contribution in [-0.2, 0) is 17.6 Å². The normalized spacial score (nSPS) is 27.7. The number of rotatable bonds is 6.